The van der Waals surface area contributed by atoms with Gasteiger partial charge in [0.05, 0.1) is 12.3 Å². The van der Waals surface area contributed by atoms with Crippen LogP contribution in [-0.4, -0.2) is 37.6 Å². The Hall–Kier alpha value is -2.02. The Balaban J connectivity index is 2.19. The number of amidine groups is 2. The van der Waals surface area contributed by atoms with Crippen LogP contribution in [0.15, 0.2) is 29.3 Å². The molecule has 0 atom stereocenters. The first-order valence-corrected chi connectivity index (χ1v) is 8.98. The summed E-state index contributed by atoms with van der Waals surface area (Å²) in [5, 5.41) is 18.2. The molecule has 0 spiro atoms. The summed E-state index contributed by atoms with van der Waals surface area (Å²) in [6, 6.07) is 7.57. The Morgan fingerprint density at radius 3 is 2.64 bits per heavy atom. The monoisotopic (exact) mass is 374 g/mol. The molecule has 1 aromatic carbocycles. The van der Waals surface area contributed by atoms with Crippen molar-refractivity contribution in [1.82, 2.24) is 0 Å². The second-order valence-electron chi connectivity index (χ2n) is 5.80. The molecule has 0 amide bonds. The van der Waals surface area contributed by atoms with Crippen LogP contribution < -0.4 is 4.90 Å². The van der Waals surface area contributed by atoms with Crippen LogP contribution in [0.25, 0.3) is 0 Å². The van der Waals surface area contributed by atoms with Crippen molar-refractivity contribution < 1.29 is 4.74 Å². The molecular formula is C18H19ClN4OS. The van der Waals surface area contributed by atoms with Gasteiger partial charge in [0.1, 0.15) is 23.3 Å². The Morgan fingerprint density at radius 1 is 1.32 bits per heavy atom. The third-order valence-electron chi connectivity index (χ3n) is 4.13. The minimum absolute atomic E-state index is 0.147. The Kier molecular flexibility index (Phi) is 5.03. The Bertz CT molecular complexity index is 870. The van der Waals surface area contributed by atoms with Gasteiger partial charge in [-0.05, 0) is 31.5 Å². The van der Waals surface area contributed by atoms with Gasteiger partial charge in [-0.3, -0.25) is 20.7 Å². The summed E-state index contributed by atoms with van der Waals surface area (Å²) in [7, 11) is 1.55. The average molecular weight is 375 g/mol. The fraction of sp³-hybridized carbons (Fsp3) is 0.278. The summed E-state index contributed by atoms with van der Waals surface area (Å²) in [5.41, 5.74) is 3.90. The van der Waals surface area contributed by atoms with Crippen LogP contribution >= 0.6 is 22.9 Å². The molecule has 130 valence electrons. The highest BCUT2D eigenvalue weighted by atomic mass is 35.5. The minimum Gasteiger partial charge on any atom is -0.377 e. The van der Waals surface area contributed by atoms with Crippen LogP contribution in [0, 0.1) is 24.7 Å². The summed E-state index contributed by atoms with van der Waals surface area (Å²) in [5.74, 6) is 0.510. The summed E-state index contributed by atoms with van der Waals surface area (Å²) >= 11 is 7.60. The fourth-order valence-electron chi connectivity index (χ4n) is 2.80. The van der Waals surface area contributed by atoms with E-state index in [1.807, 2.05) is 24.3 Å². The standard InChI is InChI=1S/C18H19ClN4OS/c1-10-11(2)25-18-16(10)17(12-4-6-13(19)7-5-12)22-8-14(20)23(18)15(21)9-24-3/h4-7,20-21H,8-9H2,1-3H3. The van der Waals surface area contributed by atoms with E-state index in [0.29, 0.717) is 5.02 Å². The predicted octanol–water partition coefficient (Wildman–Crippen LogP) is 4.28. The molecule has 0 saturated carbocycles. The maximum Gasteiger partial charge on any atom is 0.133 e. The second-order valence-corrected chi connectivity index (χ2v) is 7.44. The number of nitrogens with zero attached hydrogens (tertiary/aromatic N) is 2. The zero-order valence-corrected chi connectivity index (χ0v) is 15.9. The average Bonchev–Trinajstić information content (AvgIpc) is 2.77. The third kappa shape index (κ3) is 3.25. The number of hydrogen-bond acceptors (Lipinski definition) is 5. The predicted molar refractivity (Wildman–Crippen MR) is 106 cm³/mol. The van der Waals surface area contributed by atoms with Crippen molar-refractivity contribution in [2.24, 2.45) is 4.99 Å². The van der Waals surface area contributed by atoms with Gasteiger partial charge in [-0.2, -0.15) is 0 Å². The molecule has 2 heterocycles. The van der Waals surface area contributed by atoms with Crippen molar-refractivity contribution in [3.63, 3.8) is 0 Å². The lowest BCUT2D eigenvalue weighted by atomic mass is 10.00. The zero-order chi connectivity index (χ0) is 18.1. The molecule has 2 N–H and O–H groups in total. The SMILES string of the molecule is COCC(=N)N1C(=N)CN=C(c2ccc(Cl)cc2)c2c1sc(C)c2C. The van der Waals surface area contributed by atoms with E-state index in [2.05, 4.69) is 18.8 Å². The van der Waals surface area contributed by atoms with E-state index in [9.17, 15) is 0 Å². The number of aliphatic imine (C=N–C) groups is 1. The van der Waals surface area contributed by atoms with Crippen molar-refractivity contribution in [2.45, 2.75) is 13.8 Å². The molecule has 1 aromatic heterocycles. The molecule has 5 nitrogen and oxygen atoms in total. The van der Waals surface area contributed by atoms with Gasteiger partial charge in [0, 0.05) is 28.1 Å². The van der Waals surface area contributed by atoms with Crippen molar-refractivity contribution >= 4 is 45.3 Å². The molecule has 3 rings (SSSR count). The normalized spacial score (nSPS) is 14.2. The Morgan fingerprint density at radius 2 is 2.00 bits per heavy atom. The number of rotatable bonds is 3. The first-order valence-electron chi connectivity index (χ1n) is 7.78. The maximum absolute atomic E-state index is 8.40. The van der Waals surface area contributed by atoms with Crippen LogP contribution in [0.4, 0.5) is 5.00 Å². The van der Waals surface area contributed by atoms with E-state index in [4.69, 9.17) is 27.2 Å². The molecular weight excluding hydrogens is 356 g/mol. The largest absolute Gasteiger partial charge is 0.377 e. The summed E-state index contributed by atoms with van der Waals surface area (Å²) in [4.78, 5) is 7.49. The highest BCUT2D eigenvalue weighted by Crippen LogP contribution is 2.39. The number of anilines is 1. The molecule has 7 heteroatoms. The van der Waals surface area contributed by atoms with E-state index in [-0.39, 0.29) is 24.8 Å². The first kappa shape index (κ1) is 17.8. The lowest BCUT2D eigenvalue weighted by Crippen LogP contribution is -2.39. The highest BCUT2D eigenvalue weighted by Gasteiger charge is 2.30. The molecule has 0 unspecified atom stereocenters. The molecule has 2 aromatic rings. The van der Waals surface area contributed by atoms with Crippen LogP contribution in [0.2, 0.25) is 5.02 Å². The molecule has 0 saturated heterocycles. The van der Waals surface area contributed by atoms with Gasteiger partial charge >= 0.3 is 0 Å². The Labute approximate surface area is 155 Å². The number of nitrogens with one attached hydrogen (secondary N) is 2. The maximum atomic E-state index is 8.40. The molecule has 0 aliphatic carbocycles. The van der Waals surface area contributed by atoms with Gasteiger partial charge < -0.3 is 4.74 Å². The van der Waals surface area contributed by atoms with Gasteiger partial charge in [0.2, 0.25) is 0 Å². The van der Waals surface area contributed by atoms with Gasteiger partial charge in [-0.1, -0.05) is 23.7 Å². The van der Waals surface area contributed by atoms with Crippen LogP contribution in [-0.2, 0) is 4.74 Å². The molecule has 0 radical (unpaired) electrons. The van der Waals surface area contributed by atoms with E-state index in [1.165, 1.54) is 0 Å². The van der Waals surface area contributed by atoms with Crippen molar-refractivity contribution in [1.29, 1.82) is 10.8 Å². The molecule has 0 bridgehead atoms. The van der Waals surface area contributed by atoms with E-state index >= 15 is 0 Å². The van der Waals surface area contributed by atoms with Gasteiger partial charge in [-0.15, -0.1) is 11.3 Å². The fourth-order valence-corrected chi connectivity index (χ4v) is 4.14. The van der Waals surface area contributed by atoms with Crippen LogP contribution in [0.3, 0.4) is 0 Å². The zero-order valence-electron chi connectivity index (χ0n) is 14.3. The quantitative estimate of drug-likeness (QED) is 0.621. The summed E-state index contributed by atoms with van der Waals surface area (Å²) in [6.45, 7) is 4.47. The number of hydrogen-bond donors (Lipinski definition) is 2. The number of methoxy groups -OCH3 is 1. The first-order chi connectivity index (χ1) is 11.9. The van der Waals surface area contributed by atoms with Gasteiger partial charge in [0.25, 0.3) is 0 Å². The molecule has 1 aliphatic rings. The van der Waals surface area contributed by atoms with Crippen LogP contribution in [0.5, 0.6) is 0 Å². The molecule has 1 aliphatic heterocycles. The second kappa shape index (κ2) is 7.07. The van der Waals surface area contributed by atoms with E-state index in [0.717, 1.165) is 32.3 Å². The molecule has 25 heavy (non-hydrogen) atoms. The van der Waals surface area contributed by atoms with Crippen molar-refractivity contribution in [3.8, 4) is 0 Å². The number of benzene rings is 1. The van der Waals surface area contributed by atoms with Crippen molar-refractivity contribution in [2.75, 3.05) is 25.2 Å². The highest BCUT2D eigenvalue weighted by molar-refractivity contribution is 7.17. The number of ether oxygens (including phenoxy) is 1. The topological polar surface area (TPSA) is 72.5 Å². The van der Waals surface area contributed by atoms with E-state index < -0.39 is 0 Å². The number of thiophene rings is 1. The summed E-state index contributed by atoms with van der Waals surface area (Å²) < 4.78 is 5.11. The van der Waals surface area contributed by atoms with Gasteiger partial charge in [-0.25, -0.2) is 0 Å². The van der Waals surface area contributed by atoms with Crippen molar-refractivity contribution in [3.05, 3.63) is 50.9 Å². The lowest BCUT2D eigenvalue weighted by molar-refractivity contribution is 0.244. The number of halogens is 1. The van der Waals surface area contributed by atoms with E-state index in [1.54, 1.807) is 23.3 Å². The lowest BCUT2D eigenvalue weighted by Gasteiger charge is -2.22. The van der Waals surface area contributed by atoms with Crippen LogP contribution in [0.1, 0.15) is 21.6 Å². The van der Waals surface area contributed by atoms with Gasteiger partial charge in [0.15, 0.2) is 0 Å². The third-order valence-corrected chi connectivity index (χ3v) is 5.58. The minimum atomic E-state index is 0.147. The molecule has 0 fully saturated rings. The summed E-state index contributed by atoms with van der Waals surface area (Å²) in [6.07, 6.45) is 0. The number of fused-ring (bicyclic) bond motifs is 1. The smallest absolute Gasteiger partial charge is 0.133 e. The number of aryl methyl sites for hydroxylation is 1.